The van der Waals surface area contributed by atoms with Crippen LogP contribution in [-0.4, -0.2) is 19.0 Å². The molecule has 5 nitrogen and oxygen atoms in total. The van der Waals surface area contributed by atoms with E-state index in [9.17, 15) is 14.0 Å². The average molecular weight is 315 g/mol. The fourth-order valence-corrected chi connectivity index (χ4v) is 2.00. The molecule has 0 aliphatic carbocycles. The second kappa shape index (κ2) is 7.93. The molecule has 0 saturated heterocycles. The first kappa shape index (κ1) is 16.5. The van der Waals surface area contributed by atoms with E-state index in [-0.39, 0.29) is 17.8 Å². The van der Waals surface area contributed by atoms with Gasteiger partial charge in [0.15, 0.2) is 0 Å². The number of carbonyl (C=O) groups is 2. The molecule has 2 rings (SSSR count). The van der Waals surface area contributed by atoms with Gasteiger partial charge < -0.3 is 16.0 Å². The fourth-order valence-electron chi connectivity index (χ4n) is 2.00. The van der Waals surface area contributed by atoms with Crippen molar-refractivity contribution in [3.8, 4) is 0 Å². The largest absolute Gasteiger partial charge is 0.341 e. The Morgan fingerprint density at radius 1 is 1.00 bits per heavy atom. The molecular weight excluding hydrogens is 297 g/mol. The molecule has 0 fully saturated rings. The Labute approximate surface area is 133 Å². The van der Waals surface area contributed by atoms with Crippen LogP contribution in [0.1, 0.15) is 12.0 Å². The Morgan fingerprint density at radius 2 is 1.65 bits per heavy atom. The number of carbonyl (C=O) groups excluding carboxylic acids is 2. The van der Waals surface area contributed by atoms with Crippen molar-refractivity contribution in [2.45, 2.75) is 12.8 Å². The van der Waals surface area contributed by atoms with Gasteiger partial charge in [0.05, 0.1) is 0 Å². The Hall–Kier alpha value is -2.89. The second-order valence-electron chi connectivity index (χ2n) is 4.96. The van der Waals surface area contributed by atoms with Crippen LogP contribution in [0.2, 0.25) is 0 Å². The number of anilines is 2. The SMILES string of the molecule is CNC(=O)Nc1cccc(NC(=O)CCc2ccc(F)cc2)c1. The summed E-state index contributed by atoms with van der Waals surface area (Å²) in [6, 6.07) is 12.6. The first-order chi connectivity index (χ1) is 11.1. The number of urea groups is 1. The van der Waals surface area contributed by atoms with E-state index in [2.05, 4.69) is 16.0 Å². The van der Waals surface area contributed by atoms with Crippen LogP contribution in [0.25, 0.3) is 0 Å². The van der Waals surface area contributed by atoms with Crippen molar-refractivity contribution in [2.75, 3.05) is 17.7 Å². The molecule has 0 aliphatic heterocycles. The monoisotopic (exact) mass is 315 g/mol. The molecule has 3 amide bonds. The minimum Gasteiger partial charge on any atom is -0.341 e. The maximum absolute atomic E-state index is 12.8. The van der Waals surface area contributed by atoms with Crippen LogP contribution < -0.4 is 16.0 Å². The van der Waals surface area contributed by atoms with Gasteiger partial charge >= 0.3 is 6.03 Å². The number of halogens is 1. The van der Waals surface area contributed by atoms with E-state index in [1.807, 2.05) is 0 Å². The summed E-state index contributed by atoms with van der Waals surface area (Å²) in [5.41, 5.74) is 2.08. The lowest BCUT2D eigenvalue weighted by Crippen LogP contribution is -2.24. The van der Waals surface area contributed by atoms with Gasteiger partial charge in [-0.2, -0.15) is 0 Å². The normalized spacial score (nSPS) is 10.0. The maximum Gasteiger partial charge on any atom is 0.318 e. The zero-order valence-electron chi connectivity index (χ0n) is 12.7. The van der Waals surface area contributed by atoms with E-state index in [1.54, 1.807) is 36.4 Å². The maximum atomic E-state index is 12.8. The van der Waals surface area contributed by atoms with Crippen molar-refractivity contribution >= 4 is 23.3 Å². The summed E-state index contributed by atoms with van der Waals surface area (Å²) in [7, 11) is 1.52. The van der Waals surface area contributed by atoms with Crippen molar-refractivity contribution in [1.82, 2.24) is 5.32 Å². The van der Waals surface area contributed by atoms with Gasteiger partial charge in [0.25, 0.3) is 0 Å². The number of hydrogen-bond acceptors (Lipinski definition) is 2. The lowest BCUT2D eigenvalue weighted by Gasteiger charge is -2.08. The predicted octanol–water partition coefficient (Wildman–Crippen LogP) is 3.15. The third kappa shape index (κ3) is 5.43. The number of hydrogen-bond donors (Lipinski definition) is 3. The zero-order chi connectivity index (χ0) is 16.7. The molecule has 0 unspecified atom stereocenters. The van der Waals surface area contributed by atoms with E-state index in [0.29, 0.717) is 24.2 Å². The second-order valence-corrected chi connectivity index (χ2v) is 4.96. The number of aryl methyl sites for hydroxylation is 1. The number of rotatable bonds is 5. The third-order valence-electron chi connectivity index (χ3n) is 3.19. The molecule has 120 valence electrons. The van der Waals surface area contributed by atoms with Crippen LogP contribution in [0.3, 0.4) is 0 Å². The van der Waals surface area contributed by atoms with Gasteiger partial charge in [-0.05, 0) is 42.3 Å². The first-order valence-electron chi connectivity index (χ1n) is 7.20. The van der Waals surface area contributed by atoms with Crippen LogP contribution in [0.5, 0.6) is 0 Å². The van der Waals surface area contributed by atoms with Crippen LogP contribution >= 0.6 is 0 Å². The van der Waals surface area contributed by atoms with E-state index >= 15 is 0 Å². The summed E-state index contributed by atoms with van der Waals surface area (Å²) in [5.74, 6) is -0.440. The van der Waals surface area contributed by atoms with Crippen LogP contribution in [0.15, 0.2) is 48.5 Å². The van der Waals surface area contributed by atoms with Crippen molar-refractivity contribution in [1.29, 1.82) is 0 Å². The Morgan fingerprint density at radius 3 is 2.30 bits per heavy atom. The van der Waals surface area contributed by atoms with Gasteiger partial charge in [-0.15, -0.1) is 0 Å². The average Bonchev–Trinajstić information content (AvgIpc) is 2.54. The summed E-state index contributed by atoms with van der Waals surface area (Å²) in [4.78, 5) is 23.2. The first-order valence-corrected chi connectivity index (χ1v) is 7.20. The molecule has 0 spiro atoms. The highest BCUT2D eigenvalue weighted by molar-refractivity contribution is 5.93. The van der Waals surface area contributed by atoms with Crippen molar-refractivity contribution in [3.05, 3.63) is 59.9 Å². The predicted molar refractivity (Wildman–Crippen MR) is 87.9 cm³/mol. The van der Waals surface area contributed by atoms with Crippen molar-refractivity contribution in [3.63, 3.8) is 0 Å². The van der Waals surface area contributed by atoms with Gasteiger partial charge in [-0.25, -0.2) is 9.18 Å². The number of amides is 3. The lowest BCUT2D eigenvalue weighted by molar-refractivity contribution is -0.116. The Balaban J connectivity index is 1.88. The summed E-state index contributed by atoms with van der Waals surface area (Å²) in [6.07, 6.45) is 0.820. The summed E-state index contributed by atoms with van der Waals surface area (Å²) in [5, 5.41) is 7.85. The topological polar surface area (TPSA) is 70.2 Å². The molecule has 0 saturated carbocycles. The highest BCUT2D eigenvalue weighted by Gasteiger charge is 2.05. The smallest absolute Gasteiger partial charge is 0.318 e. The highest BCUT2D eigenvalue weighted by atomic mass is 19.1. The van der Waals surface area contributed by atoms with Crippen LogP contribution in [0.4, 0.5) is 20.6 Å². The van der Waals surface area contributed by atoms with Gasteiger partial charge in [0.2, 0.25) is 5.91 Å². The molecule has 0 radical (unpaired) electrons. The van der Waals surface area contributed by atoms with Crippen molar-refractivity contribution in [2.24, 2.45) is 0 Å². The standard InChI is InChI=1S/C17H18FN3O2/c1-19-17(23)21-15-4-2-3-14(11-15)20-16(22)10-7-12-5-8-13(18)9-6-12/h2-6,8-9,11H,7,10H2,1H3,(H,20,22)(H2,19,21,23). The quantitative estimate of drug-likeness (QED) is 0.793. The molecule has 3 N–H and O–H groups in total. The van der Waals surface area contributed by atoms with Crippen LogP contribution in [0, 0.1) is 5.82 Å². The molecule has 0 atom stereocenters. The summed E-state index contributed by atoms with van der Waals surface area (Å²) < 4.78 is 12.8. The number of nitrogens with one attached hydrogen (secondary N) is 3. The van der Waals surface area contributed by atoms with Gasteiger partial charge in [-0.3, -0.25) is 4.79 Å². The highest BCUT2D eigenvalue weighted by Crippen LogP contribution is 2.15. The summed E-state index contributed by atoms with van der Waals surface area (Å²) >= 11 is 0. The van der Waals surface area contributed by atoms with E-state index in [1.165, 1.54) is 19.2 Å². The van der Waals surface area contributed by atoms with Gasteiger partial charge in [0.1, 0.15) is 5.82 Å². The van der Waals surface area contributed by atoms with E-state index in [0.717, 1.165) is 5.56 Å². The molecule has 6 heteroatoms. The summed E-state index contributed by atoms with van der Waals surface area (Å²) in [6.45, 7) is 0. The number of benzene rings is 2. The zero-order valence-corrected chi connectivity index (χ0v) is 12.7. The van der Waals surface area contributed by atoms with Crippen LogP contribution in [-0.2, 0) is 11.2 Å². The molecule has 0 aliphatic rings. The van der Waals surface area contributed by atoms with E-state index < -0.39 is 0 Å². The molecule has 2 aromatic rings. The molecular formula is C17H18FN3O2. The van der Waals surface area contributed by atoms with Gasteiger partial charge in [0, 0.05) is 24.8 Å². The molecule has 0 bridgehead atoms. The minimum atomic E-state index is -0.329. The van der Waals surface area contributed by atoms with Crippen molar-refractivity contribution < 1.29 is 14.0 Å². The van der Waals surface area contributed by atoms with Gasteiger partial charge in [-0.1, -0.05) is 18.2 Å². The molecule has 2 aromatic carbocycles. The lowest BCUT2D eigenvalue weighted by atomic mass is 10.1. The third-order valence-corrected chi connectivity index (χ3v) is 3.19. The molecule has 0 heterocycles. The minimum absolute atomic E-state index is 0.147. The molecule has 0 aromatic heterocycles. The fraction of sp³-hybridized carbons (Fsp3) is 0.176. The Kier molecular flexibility index (Phi) is 5.68. The molecule has 23 heavy (non-hydrogen) atoms. The Bertz CT molecular complexity index is 686. The van der Waals surface area contributed by atoms with E-state index in [4.69, 9.17) is 0 Å².